The molecule has 5 nitrogen and oxygen atoms in total. The molecule has 0 bridgehead atoms. The second kappa shape index (κ2) is 5.98. The van der Waals surface area contributed by atoms with Gasteiger partial charge in [0.2, 0.25) is 0 Å². The number of nitrogens with zero attached hydrogens (tertiary/aromatic N) is 2. The van der Waals surface area contributed by atoms with Gasteiger partial charge in [0, 0.05) is 7.05 Å². The highest BCUT2D eigenvalue weighted by molar-refractivity contribution is 6.33. The van der Waals surface area contributed by atoms with Gasteiger partial charge in [-0.1, -0.05) is 42.8 Å². The summed E-state index contributed by atoms with van der Waals surface area (Å²) in [6.07, 6.45) is 2.04. The van der Waals surface area contributed by atoms with E-state index in [1.807, 2.05) is 31.2 Å². The summed E-state index contributed by atoms with van der Waals surface area (Å²) < 4.78 is 1.49. The van der Waals surface area contributed by atoms with Crippen LogP contribution in [0.5, 0.6) is 0 Å². The number of nitrogens with one attached hydrogen (secondary N) is 1. The molecule has 1 heterocycles. The zero-order chi connectivity index (χ0) is 16.6. The Morgan fingerprint density at radius 1 is 1.48 bits per heavy atom. The van der Waals surface area contributed by atoms with Crippen LogP contribution in [-0.4, -0.2) is 27.3 Å². The first-order valence-corrected chi connectivity index (χ1v) is 8.14. The Morgan fingerprint density at radius 3 is 2.96 bits per heavy atom. The molecule has 1 aliphatic rings. The fourth-order valence-corrected chi connectivity index (χ4v) is 3.43. The normalized spacial score (nSPS) is 19.7. The Morgan fingerprint density at radius 2 is 2.22 bits per heavy atom. The van der Waals surface area contributed by atoms with Crippen molar-refractivity contribution in [2.45, 2.75) is 31.8 Å². The molecule has 3 rings (SSSR count). The van der Waals surface area contributed by atoms with Crippen LogP contribution in [0.25, 0.3) is 0 Å². The molecule has 1 aliphatic carbocycles. The van der Waals surface area contributed by atoms with Gasteiger partial charge in [-0.3, -0.25) is 9.48 Å². The van der Waals surface area contributed by atoms with E-state index in [0.717, 1.165) is 17.5 Å². The zero-order valence-corrected chi connectivity index (χ0v) is 14.0. The van der Waals surface area contributed by atoms with Crippen molar-refractivity contribution in [2.75, 3.05) is 6.54 Å². The highest BCUT2D eigenvalue weighted by Crippen LogP contribution is 2.36. The number of hydrogen-bond donors (Lipinski definition) is 2. The molecule has 0 aliphatic heterocycles. The minimum atomic E-state index is -1.02. The van der Waals surface area contributed by atoms with Crippen LogP contribution in [0.2, 0.25) is 5.15 Å². The van der Waals surface area contributed by atoms with Crippen LogP contribution in [-0.2, 0) is 25.5 Å². The molecule has 23 heavy (non-hydrogen) atoms. The molecular formula is C17H20ClN3O2. The number of aromatic nitrogens is 2. The van der Waals surface area contributed by atoms with Crippen molar-refractivity contribution in [3.05, 3.63) is 51.8 Å². The molecule has 0 saturated heterocycles. The molecule has 122 valence electrons. The Bertz CT molecular complexity index is 756. The Kier molecular flexibility index (Phi) is 4.17. The lowest BCUT2D eigenvalue weighted by Gasteiger charge is -2.24. The SMILES string of the molecule is CCc1nn(C)c(Cl)c1C(=O)NCC1(O)CCc2ccccc21. The van der Waals surface area contributed by atoms with Crippen LogP contribution in [0.4, 0.5) is 0 Å². The van der Waals surface area contributed by atoms with E-state index >= 15 is 0 Å². The highest BCUT2D eigenvalue weighted by atomic mass is 35.5. The van der Waals surface area contributed by atoms with Crippen molar-refractivity contribution in [3.8, 4) is 0 Å². The van der Waals surface area contributed by atoms with E-state index in [0.29, 0.717) is 29.3 Å². The standard InChI is InChI=1S/C17H20ClN3O2/c1-3-13-14(15(18)21(2)20-13)16(22)19-10-17(23)9-8-11-6-4-5-7-12(11)17/h4-7,23H,3,8-10H2,1-2H3,(H,19,22). The van der Waals surface area contributed by atoms with Crippen LogP contribution < -0.4 is 5.32 Å². The largest absolute Gasteiger partial charge is 0.383 e. The van der Waals surface area contributed by atoms with Gasteiger partial charge in [-0.2, -0.15) is 5.10 Å². The van der Waals surface area contributed by atoms with Crippen molar-refractivity contribution < 1.29 is 9.90 Å². The van der Waals surface area contributed by atoms with E-state index in [9.17, 15) is 9.90 Å². The van der Waals surface area contributed by atoms with Gasteiger partial charge in [-0.25, -0.2) is 0 Å². The van der Waals surface area contributed by atoms with Gasteiger partial charge in [0.1, 0.15) is 10.8 Å². The summed E-state index contributed by atoms with van der Waals surface area (Å²) in [4.78, 5) is 12.5. The molecule has 0 fully saturated rings. The van der Waals surface area contributed by atoms with Crippen LogP contribution in [0.3, 0.4) is 0 Å². The summed E-state index contributed by atoms with van der Waals surface area (Å²) in [5.41, 5.74) is 2.07. The lowest BCUT2D eigenvalue weighted by Crippen LogP contribution is -2.39. The predicted octanol–water partition coefficient (Wildman–Crippen LogP) is 2.20. The number of benzene rings is 1. The molecule has 0 spiro atoms. The Labute approximate surface area is 140 Å². The molecule has 6 heteroatoms. The number of carbonyl (C=O) groups excluding carboxylic acids is 1. The fourth-order valence-electron chi connectivity index (χ4n) is 3.19. The van der Waals surface area contributed by atoms with E-state index in [2.05, 4.69) is 10.4 Å². The topological polar surface area (TPSA) is 67.2 Å². The van der Waals surface area contributed by atoms with E-state index < -0.39 is 5.60 Å². The Balaban J connectivity index is 1.78. The summed E-state index contributed by atoms with van der Waals surface area (Å²) in [5.74, 6) is -0.294. The minimum absolute atomic E-state index is 0.164. The molecular weight excluding hydrogens is 314 g/mol. The van der Waals surface area contributed by atoms with Gasteiger partial charge in [-0.05, 0) is 30.4 Å². The maximum absolute atomic E-state index is 12.5. The van der Waals surface area contributed by atoms with Crippen molar-refractivity contribution >= 4 is 17.5 Å². The van der Waals surface area contributed by atoms with Gasteiger partial charge >= 0.3 is 0 Å². The first-order valence-electron chi connectivity index (χ1n) is 7.76. The van der Waals surface area contributed by atoms with Crippen molar-refractivity contribution in [2.24, 2.45) is 7.05 Å². The molecule has 1 unspecified atom stereocenters. The summed E-state index contributed by atoms with van der Waals surface area (Å²) in [5, 5.41) is 18.3. The average molecular weight is 334 g/mol. The second-order valence-electron chi connectivity index (χ2n) is 5.96. The van der Waals surface area contributed by atoms with Crippen molar-refractivity contribution in [1.29, 1.82) is 0 Å². The van der Waals surface area contributed by atoms with Gasteiger partial charge in [-0.15, -0.1) is 0 Å². The number of amides is 1. The third-order valence-corrected chi connectivity index (χ3v) is 4.91. The molecule has 1 atom stereocenters. The molecule has 0 radical (unpaired) electrons. The van der Waals surface area contributed by atoms with E-state index in [1.165, 1.54) is 4.68 Å². The third-order valence-electron chi connectivity index (χ3n) is 4.48. The number of rotatable bonds is 4. The summed E-state index contributed by atoms with van der Waals surface area (Å²) >= 11 is 6.18. The second-order valence-corrected chi connectivity index (χ2v) is 6.32. The van der Waals surface area contributed by atoms with E-state index in [-0.39, 0.29) is 12.5 Å². The minimum Gasteiger partial charge on any atom is -0.383 e. The third kappa shape index (κ3) is 2.75. The zero-order valence-electron chi connectivity index (χ0n) is 13.3. The van der Waals surface area contributed by atoms with E-state index in [1.54, 1.807) is 7.05 Å². The van der Waals surface area contributed by atoms with Crippen molar-refractivity contribution in [1.82, 2.24) is 15.1 Å². The number of aliphatic hydroxyl groups is 1. The first-order chi connectivity index (χ1) is 11.0. The number of carbonyl (C=O) groups is 1. The van der Waals surface area contributed by atoms with Gasteiger partial charge in [0.25, 0.3) is 5.91 Å². The van der Waals surface area contributed by atoms with Crippen LogP contribution >= 0.6 is 11.6 Å². The summed E-state index contributed by atoms with van der Waals surface area (Å²) in [6.45, 7) is 2.09. The fraction of sp³-hybridized carbons (Fsp3) is 0.412. The molecule has 1 aromatic heterocycles. The summed E-state index contributed by atoms with van der Waals surface area (Å²) in [6, 6.07) is 7.81. The molecule has 2 N–H and O–H groups in total. The average Bonchev–Trinajstić information content (AvgIpc) is 3.04. The Hall–Kier alpha value is -1.85. The van der Waals surface area contributed by atoms with Crippen LogP contribution in [0.15, 0.2) is 24.3 Å². The number of fused-ring (bicyclic) bond motifs is 1. The number of hydrogen-bond acceptors (Lipinski definition) is 3. The maximum Gasteiger partial charge on any atom is 0.256 e. The highest BCUT2D eigenvalue weighted by Gasteiger charge is 2.37. The maximum atomic E-state index is 12.5. The van der Waals surface area contributed by atoms with Gasteiger partial charge in [0.15, 0.2) is 0 Å². The molecule has 2 aromatic rings. The molecule has 1 amide bonds. The van der Waals surface area contributed by atoms with Crippen LogP contribution in [0.1, 0.15) is 40.5 Å². The van der Waals surface area contributed by atoms with Gasteiger partial charge in [0.05, 0.1) is 17.8 Å². The predicted molar refractivity (Wildman–Crippen MR) is 88.6 cm³/mol. The molecule has 0 saturated carbocycles. The van der Waals surface area contributed by atoms with E-state index in [4.69, 9.17) is 11.6 Å². The monoisotopic (exact) mass is 333 g/mol. The van der Waals surface area contributed by atoms with Gasteiger partial charge < -0.3 is 10.4 Å². The lowest BCUT2D eigenvalue weighted by molar-refractivity contribution is 0.0369. The smallest absolute Gasteiger partial charge is 0.256 e. The number of halogens is 1. The first kappa shape index (κ1) is 16.0. The van der Waals surface area contributed by atoms with Crippen LogP contribution in [0, 0.1) is 0 Å². The number of aryl methyl sites for hydroxylation is 3. The van der Waals surface area contributed by atoms with Crippen molar-refractivity contribution in [3.63, 3.8) is 0 Å². The molecule has 1 aromatic carbocycles. The summed E-state index contributed by atoms with van der Waals surface area (Å²) in [7, 11) is 1.71. The lowest BCUT2D eigenvalue weighted by atomic mass is 9.96. The quantitative estimate of drug-likeness (QED) is 0.901.